The SMILES string of the molecule is CC(C)(C)OC(=O)NCCOc1nc(Cl)cc2c1c(=O)[nH]c(=O)n2-c1ccccc1. The van der Waals surface area contributed by atoms with Gasteiger partial charge in [0, 0.05) is 6.07 Å². The second-order valence-corrected chi connectivity index (χ2v) is 7.74. The molecule has 2 aromatic heterocycles. The number of rotatable bonds is 5. The summed E-state index contributed by atoms with van der Waals surface area (Å²) in [5.41, 5.74) is -1.09. The molecule has 3 rings (SSSR count). The van der Waals surface area contributed by atoms with Crippen molar-refractivity contribution in [2.45, 2.75) is 26.4 Å². The van der Waals surface area contributed by atoms with E-state index in [1.54, 1.807) is 45.0 Å². The van der Waals surface area contributed by atoms with Gasteiger partial charge in [-0.25, -0.2) is 14.6 Å². The number of aromatic nitrogens is 3. The zero-order chi connectivity index (χ0) is 21.9. The quantitative estimate of drug-likeness (QED) is 0.473. The Kier molecular flexibility index (Phi) is 6.12. The highest BCUT2D eigenvalue weighted by Gasteiger charge is 2.18. The Morgan fingerprint density at radius 2 is 1.93 bits per heavy atom. The Morgan fingerprint density at radius 3 is 2.60 bits per heavy atom. The van der Waals surface area contributed by atoms with E-state index in [9.17, 15) is 14.4 Å². The van der Waals surface area contributed by atoms with Crippen LogP contribution in [0.4, 0.5) is 4.79 Å². The molecule has 0 radical (unpaired) electrons. The van der Waals surface area contributed by atoms with Gasteiger partial charge in [0.2, 0.25) is 5.88 Å². The van der Waals surface area contributed by atoms with Gasteiger partial charge in [-0.15, -0.1) is 0 Å². The van der Waals surface area contributed by atoms with Crippen molar-refractivity contribution in [3.05, 3.63) is 62.4 Å². The Labute approximate surface area is 176 Å². The molecule has 158 valence electrons. The standard InChI is InChI=1S/C20H21ClN4O5/c1-20(2,3)30-19(28)22-9-10-29-17-15-13(11-14(21)23-17)25(18(27)24-16(15)26)12-7-5-4-6-8-12/h4-8,11H,9-10H2,1-3H3,(H,22,28)(H,24,26,27). The van der Waals surface area contributed by atoms with Crippen LogP contribution in [0, 0.1) is 0 Å². The molecule has 0 saturated carbocycles. The molecule has 30 heavy (non-hydrogen) atoms. The van der Waals surface area contributed by atoms with Gasteiger partial charge in [-0.1, -0.05) is 29.8 Å². The number of carbonyl (C=O) groups is 1. The summed E-state index contributed by atoms with van der Waals surface area (Å²) in [6.45, 7) is 5.38. The van der Waals surface area contributed by atoms with Crippen molar-refractivity contribution in [1.29, 1.82) is 0 Å². The van der Waals surface area contributed by atoms with Gasteiger partial charge in [-0.2, -0.15) is 0 Å². The summed E-state index contributed by atoms with van der Waals surface area (Å²) in [7, 11) is 0. The number of ether oxygens (including phenoxy) is 2. The number of benzene rings is 1. The molecule has 9 nitrogen and oxygen atoms in total. The largest absolute Gasteiger partial charge is 0.475 e. The van der Waals surface area contributed by atoms with Gasteiger partial charge in [0.25, 0.3) is 5.56 Å². The molecule has 0 spiro atoms. The van der Waals surface area contributed by atoms with Crippen molar-refractivity contribution in [3.8, 4) is 11.6 Å². The highest BCUT2D eigenvalue weighted by molar-refractivity contribution is 6.30. The van der Waals surface area contributed by atoms with E-state index in [0.717, 1.165) is 0 Å². The topological polar surface area (TPSA) is 115 Å². The highest BCUT2D eigenvalue weighted by atomic mass is 35.5. The van der Waals surface area contributed by atoms with Gasteiger partial charge in [0.05, 0.1) is 17.7 Å². The van der Waals surface area contributed by atoms with Gasteiger partial charge in [0.15, 0.2) is 0 Å². The first kappa shape index (κ1) is 21.4. The van der Waals surface area contributed by atoms with E-state index >= 15 is 0 Å². The average Bonchev–Trinajstić information content (AvgIpc) is 2.64. The monoisotopic (exact) mass is 432 g/mol. The van der Waals surface area contributed by atoms with E-state index in [0.29, 0.717) is 5.69 Å². The maximum atomic E-state index is 12.5. The maximum Gasteiger partial charge on any atom is 0.407 e. The normalized spacial score (nSPS) is 11.3. The van der Waals surface area contributed by atoms with Crippen molar-refractivity contribution in [2.24, 2.45) is 0 Å². The fourth-order valence-electron chi connectivity index (χ4n) is 2.75. The molecule has 10 heteroatoms. The molecule has 0 aliphatic carbocycles. The Hall–Kier alpha value is -3.33. The number of aromatic amines is 1. The minimum atomic E-state index is -0.651. The minimum absolute atomic E-state index is 0.00554. The molecule has 0 saturated heterocycles. The number of hydrogen-bond acceptors (Lipinski definition) is 6. The number of hydrogen-bond donors (Lipinski definition) is 2. The lowest BCUT2D eigenvalue weighted by atomic mass is 10.2. The highest BCUT2D eigenvalue weighted by Crippen LogP contribution is 2.24. The van der Waals surface area contributed by atoms with E-state index in [2.05, 4.69) is 15.3 Å². The van der Waals surface area contributed by atoms with Gasteiger partial charge >= 0.3 is 11.8 Å². The third-order valence-electron chi connectivity index (χ3n) is 3.85. The van der Waals surface area contributed by atoms with Crippen LogP contribution in [0.5, 0.6) is 5.88 Å². The molecule has 3 aromatic rings. The number of pyridine rings is 1. The molecule has 0 atom stereocenters. The van der Waals surface area contributed by atoms with E-state index in [-0.39, 0.29) is 35.1 Å². The van der Waals surface area contributed by atoms with Crippen LogP contribution in [0.15, 0.2) is 46.0 Å². The third kappa shape index (κ3) is 4.98. The van der Waals surface area contributed by atoms with Crippen LogP contribution in [-0.4, -0.2) is 39.4 Å². The first-order valence-electron chi connectivity index (χ1n) is 9.16. The smallest absolute Gasteiger partial charge is 0.407 e. The zero-order valence-corrected chi connectivity index (χ0v) is 17.4. The first-order chi connectivity index (χ1) is 14.2. The summed E-state index contributed by atoms with van der Waals surface area (Å²) in [4.78, 5) is 43.0. The van der Waals surface area contributed by atoms with Crippen LogP contribution < -0.4 is 21.3 Å². The van der Waals surface area contributed by atoms with Crippen LogP contribution in [0.3, 0.4) is 0 Å². The second-order valence-electron chi connectivity index (χ2n) is 7.35. The summed E-state index contributed by atoms with van der Waals surface area (Å²) >= 11 is 6.12. The van der Waals surface area contributed by atoms with Gasteiger partial charge in [-0.3, -0.25) is 14.3 Å². The van der Waals surface area contributed by atoms with Crippen molar-refractivity contribution < 1.29 is 14.3 Å². The third-order valence-corrected chi connectivity index (χ3v) is 4.04. The molecule has 0 bridgehead atoms. The summed E-state index contributed by atoms with van der Waals surface area (Å²) in [5, 5.41) is 2.66. The zero-order valence-electron chi connectivity index (χ0n) is 16.7. The van der Waals surface area contributed by atoms with Crippen LogP contribution in [-0.2, 0) is 4.74 Å². The van der Waals surface area contributed by atoms with E-state index in [1.165, 1.54) is 10.6 Å². The summed E-state index contributed by atoms with van der Waals surface area (Å²) in [6.07, 6.45) is -0.592. The van der Waals surface area contributed by atoms with Crippen LogP contribution in [0.25, 0.3) is 16.6 Å². The molecule has 1 aromatic carbocycles. The van der Waals surface area contributed by atoms with Crippen molar-refractivity contribution in [1.82, 2.24) is 19.9 Å². The van der Waals surface area contributed by atoms with Crippen LogP contribution in [0.1, 0.15) is 20.8 Å². The molecule has 1 amide bonds. The number of fused-ring (bicyclic) bond motifs is 1. The second kappa shape index (κ2) is 8.58. The lowest BCUT2D eigenvalue weighted by Crippen LogP contribution is -2.35. The van der Waals surface area contributed by atoms with Gasteiger partial charge in [-0.05, 0) is 32.9 Å². The van der Waals surface area contributed by atoms with Gasteiger partial charge < -0.3 is 14.8 Å². The van der Waals surface area contributed by atoms with E-state index in [4.69, 9.17) is 21.1 Å². The summed E-state index contributed by atoms with van der Waals surface area (Å²) in [6, 6.07) is 10.2. The van der Waals surface area contributed by atoms with Crippen molar-refractivity contribution >= 4 is 28.6 Å². The van der Waals surface area contributed by atoms with Crippen molar-refractivity contribution in [2.75, 3.05) is 13.2 Å². The summed E-state index contributed by atoms with van der Waals surface area (Å²) in [5.74, 6) is -0.0468. The number of nitrogens with one attached hydrogen (secondary N) is 2. The molecular formula is C20H21ClN4O5. The fraction of sp³-hybridized carbons (Fsp3) is 0.300. The van der Waals surface area contributed by atoms with Gasteiger partial charge in [0.1, 0.15) is 22.7 Å². The lowest BCUT2D eigenvalue weighted by molar-refractivity contribution is 0.0520. The van der Waals surface area contributed by atoms with Crippen LogP contribution >= 0.6 is 11.6 Å². The molecule has 0 aliphatic rings. The number of halogens is 1. The molecular weight excluding hydrogens is 412 g/mol. The minimum Gasteiger partial charge on any atom is -0.475 e. The van der Waals surface area contributed by atoms with Crippen LogP contribution in [0.2, 0.25) is 5.15 Å². The van der Waals surface area contributed by atoms with E-state index < -0.39 is 22.9 Å². The molecule has 0 fully saturated rings. The molecule has 0 aliphatic heterocycles. The number of carbonyl (C=O) groups excluding carboxylic acids is 1. The number of nitrogens with zero attached hydrogens (tertiary/aromatic N) is 2. The lowest BCUT2D eigenvalue weighted by Gasteiger charge is -2.19. The molecule has 0 unspecified atom stereocenters. The fourth-order valence-corrected chi connectivity index (χ4v) is 2.93. The maximum absolute atomic E-state index is 12.5. The predicted octanol–water partition coefficient (Wildman–Crippen LogP) is 2.63. The Balaban J connectivity index is 1.90. The number of amides is 1. The Morgan fingerprint density at radius 1 is 1.23 bits per heavy atom. The average molecular weight is 433 g/mol. The number of alkyl carbamates (subject to hydrolysis) is 1. The van der Waals surface area contributed by atoms with Crippen molar-refractivity contribution in [3.63, 3.8) is 0 Å². The Bertz CT molecular complexity index is 1180. The first-order valence-corrected chi connectivity index (χ1v) is 9.54. The number of para-hydroxylation sites is 1. The molecule has 2 N–H and O–H groups in total. The summed E-state index contributed by atoms with van der Waals surface area (Å²) < 4.78 is 12.0. The number of H-pyrrole nitrogens is 1. The van der Waals surface area contributed by atoms with E-state index in [1.807, 2.05) is 6.07 Å². The predicted molar refractivity (Wildman–Crippen MR) is 113 cm³/mol. The molecule has 2 heterocycles.